The van der Waals surface area contributed by atoms with Gasteiger partial charge in [0.1, 0.15) is 18.1 Å². The first-order valence-corrected chi connectivity index (χ1v) is 6.48. The SMILES string of the molecule is FC(F)(F)CCCOCc1ccc(CNC2CC2)o1. The summed E-state index contributed by atoms with van der Waals surface area (Å²) < 4.78 is 46.3. The molecule has 19 heavy (non-hydrogen) atoms. The van der Waals surface area contributed by atoms with Gasteiger partial charge in [0.2, 0.25) is 0 Å². The third kappa shape index (κ3) is 6.11. The number of hydrogen-bond donors (Lipinski definition) is 1. The molecule has 0 amide bonds. The summed E-state index contributed by atoms with van der Waals surface area (Å²) in [4.78, 5) is 0. The molecule has 1 aliphatic rings. The van der Waals surface area contributed by atoms with Crippen molar-refractivity contribution < 1.29 is 22.3 Å². The molecule has 1 aromatic heterocycles. The Balaban J connectivity index is 1.57. The molecule has 0 bridgehead atoms. The molecular formula is C13H18F3NO2. The number of hydrogen-bond acceptors (Lipinski definition) is 3. The monoisotopic (exact) mass is 277 g/mol. The lowest BCUT2D eigenvalue weighted by Gasteiger charge is -2.05. The van der Waals surface area contributed by atoms with Crippen molar-refractivity contribution >= 4 is 0 Å². The first kappa shape index (κ1) is 14.4. The van der Waals surface area contributed by atoms with Crippen molar-refractivity contribution in [1.29, 1.82) is 0 Å². The quantitative estimate of drug-likeness (QED) is 0.740. The molecule has 0 aliphatic heterocycles. The molecule has 0 saturated heterocycles. The summed E-state index contributed by atoms with van der Waals surface area (Å²) in [5, 5.41) is 3.32. The van der Waals surface area contributed by atoms with Crippen LogP contribution in [0.25, 0.3) is 0 Å². The highest BCUT2D eigenvalue weighted by atomic mass is 19.4. The van der Waals surface area contributed by atoms with E-state index in [0.29, 0.717) is 18.3 Å². The van der Waals surface area contributed by atoms with E-state index < -0.39 is 12.6 Å². The van der Waals surface area contributed by atoms with E-state index in [1.807, 2.05) is 6.07 Å². The molecule has 0 aromatic carbocycles. The van der Waals surface area contributed by atoms with Gasteiger partial charge in [0.25, 0.3) is 0 Å². The first-order valence-electron chi connectivity index (χ1n) is 6.48. The zero-order valence-corrected chi connectivity index (χ0v) is 10.6. The van der Waals surface area contributed by atoms with Crippen LogP contribution in [-0.2, 0) is 17.9 Å². The van der Waals surface area contributed by atoms with E-state index in [2.05, 4.69) is 5.32 Å². The van der Waals surface area contributed by atoms with Gasteiger partial charge >= 0.3 is 6.18 Å². The van der Waals surface area contributed by atoms with Crippen LogP contribution in [0.4, 0.5) is 13.2 Å². The minimum absolute atomic E-state index is 0.0136. The minimum atomic E-state index is -4.10. The van der Waals surface area contributed by atoms with Gasteiger partial charge in [-0.25, -0.2) is 0 Å². The van der Waals surface area contributed by atoms with Gasteiger partial charge in [-0.1, -0.05) is 0 Å². The van der Waals surface area contributed by atoms with Crippen LogP contribution in [0.1, 0.15) is 37.2 Å². The summed E-state index contributed by atoms with van der Waals surface area (Å²) in [5.74, 6) is 1.49. The van der Waals surface area contributed by atoms with Gasteiger partial charge < -0.3 is 14.5 Å². The smallest absolute Gasteiger partial charge is 0.389 e. The van der Waals surface area contributed by atoms with Crippen LogP contribution in [0.5, 0.6) is 0 Å². The molecule has 3 nitrogen and oxygen atoms in total. The fraction of sp³-hybridized carbons (Fsp3) is 0.692. The van der Waals surface area contributed by atoms with Gasteiger partial charge in [0, 0.05) is 19.1 Å². The van der Waals surface area contributed by atoms with Crippen molar-refractivity contribution in [2.75, 3.05) is 6.61 Å². The summed E-state index contributed by atoms with van der Waals surface area (Å²) in [6.07, 6.45) is -2.48. The van der Waals surface area contributed by atoms with Crippen LogP contribution in [0.15, 0.2) is 16.5 Å². The fourth-order valence-corrected chi connectivity index (χ4v) is 1.67. The van der Waals surface area contributed by atoms with E-state index in [4.69, 9.17) is 9.15 Å². The molecule has 1 aliphatic carbocycles. The molecule has 6 heteroatoms. The Morgan fingerprint density at radius 2 is 2.00 bits per heavy atom. The topological polar surface area (TPSA) is 34.4 Å². The van der Waals surface area contributed by atoms with Crippen LogP contribution in [0.3, 0.4) is 0 Å². The summed E-state index contributed by atoms with van der Waals surface area (Å²) in [6, 6.07) is 4.28. The second kappa shape index (κ2) is 6.43. The van der Waals surface area contributed by atoms with Gasteiger partial charge in [-0.2, -0.15) is 13.2 Å². The standard InChI is InChI=1S/C13H18F3NO2/c14-13(15,16)6-1-7-18-9-12-5-4-11(19-12)8-17-10-2-3-10/h4-5,10,17H,1-3,6-9H2. The first-order chi connectivity index (χ1) is 9.03. The molecule has 0 atom stereocenters. The molecule has 1 saturated carbocycles. The predicted molar refractivity (Wildman–Crippen MR) is 63.5 cm³/mol. The highest BCUT2D eigenvalue weighted by Crippen LogP contribution is 2.21. The van der Waals surface area contributed by atoms with Crippen molar-refractivity contribution in [3.8, 4) is 0 Å². The van der Waals surface area contributed by atoms with Crippen LogP contribution in [0, 0.1) is 0 Å². The van der Waals surface area contributed by atoms with Gasteiger partial charge in [-0.3, -0.25) is 0 Å². The second-order valence-electron chi connectivity index (χ2n) is 4.79. The average Bonchev–Trinajstić information content (AvgIpc) is 3.05. The normalized spacial score (nSPS) is 15.9. The van der Waals surface area contributed by atoms with Crippen LogP contribution in [-0.4, -0.2) is 18.8 Å². The van der Waals surface area contributed by atoms with E-state index in [0.717, 1.165) is 5.76 Å². The molecule has 1 aromatic rings. The Morgan fingerprint density at radius 1 is 1.26 bits per heavy atom. The largest absolute Gasteiger partial charge is 0.462 e. The van der Waals surface area contributed by atoms with Crippen molar-refractivity contribution in [3.63, 3.8) is 0 Å². The van der Waals surface area contributed by atoms with Crippen molar-refractivity contribution in [3.05, 3.63) is 23.7 Å². The maximum atomic E-state index is 11.9. The third-order valence-corrected chi connectivity index (χ3v) is 2.85. The van der Waals surface area contributed by atoms with Crippen molar-refractivity contribution in [2.24, 2.45) is 0 Å². The summed E-state index contributed by atoms with van der Waals surface area (Å²) in [7, 11) is 0. The van der Waals surface area contributed by atoms with E-state index >= 15 is 0 Å². The van der Waals surface area contributed by atoms with E-state index in [9.17, 15) is 13.2 Å². The van der Waals surface area contributed by atoms with E-state index in [1.54, 1.807) is 6.07 Å². The molecule has 1 N–H and O–H groups in total. The minimum Gasteiger partial charge on any atom is -0.462 e. The number of furan rings is 1. The Hall–Kier alpha value is -1.01. The van der Waals surface area contributed by atoms with Crippen molar-refractivity contribution in [2.45, 2.75) is 51.1 Å². The molecule has 1 fully saturated rings. The summed E-state index contributed by atoms with van der Waals surface area (Å²) in [6.45, 7) is 1.01. The summed E-state index contributed by atoms with van der Waals surface area (Å²) in [5.41, 5.74) is 0. The summed E-state index contributed by atoms with van der Waals surface area (Å²) >= 11 is 0. The van der Waals surface area contributed by atoms with E-state index in [1.165, 1.54) is 12.8 Å². The molecular weight excluding hydrogens is 259 g/mol. The zero-order chi connectivity index (χ0) is 13.7. The maximum Gasteiger partial charge on any atom is 0.389 e. The highest BCUT2D eigenvalue weighted by Gasteiger charge is 2.26. The predicted octanol–water partition coefficient (Wildman–Crippen LogP) is 3.39. The lowest BCUT2D eigenvalue weighted by atomic mass is 10.3. The van der Waals surface area contributed by atoms with Crippen LogP contribution in [0.2, 0.25) is 0 Å². The number of nitrogens with one attached hydrogen (secondary N) is 1. The Kier molecular flexibility index (Phi) is 4.87. The lowest BCUT2D eigenvalue weighted by Crippen LogP contribution is -2.14. The third-order valence-electron chi connectivity index (χ3n) is 2.85. The number of alkyl halides is 3. The highest BCUT2D eigenvalue weighted by molar-refractivity contribution is 5.06. The lowest BCUT2D eigenvalue weighted by molar-refractivity contribution is -0.138. The zero-order valence-electron chi connectivity index (χ0n) is 10.6. The Bertz CT molecular complexity index is 385. The number of halogens is 3. The molecule has 1 heterocycles. The molecule has 0 radical (unpaired) electrons. The van der Waals surface area contributed by atoms with Crippen LogP contribution >= 0.6 is 0 Å². The number of ether oxygens (including phenoxy) is 1. The maximum absolute atomic E-state index is 11.9. The molecule has 2 rings (SSSR count). The van der Waals surface area contributed by atoms with Gasteiger partial charge in [0.05, 0.1) is 6.54 Å². The fourth-order valence-electron chi connectivity index (χ4n) is 1.67. The molecule has 0 unspecified atom stereocenters. The Labute approximate surface area is 110 Å². The van der Waals surface area contributed by atoms with E-state index in [-0.39, 0.29) is 19.6 Å². The number of rotatable bonds is 8. The average molecular weight is 277 g/mol. The van der Waals surface area contributed by atoms with Gasteiger partial charge in [0.15, 0.2) is 0 Å². The van der Waals surface area contributed by atoms with Crippen LogP contribution < -0.4 is 5.32 Å². The Morgan fingerprint density at radius 3 is 2.68 bits per heavy atom. The molecule has 0 spiro atoms. The second-order valence-corrected chi connectivity index (χ2v) is 4.79. The van der Waals surface area contributed by atoms with Gasteiger partial charge in [-0.15, -0.1) is 0 Å². The molecule has 108 valence electrons. The van der Waals surface area contributed by atoms with Gasteiger partial charge in [-0.05, 0) is 31.4 Å². The van der Waals surface area contributed by atoms with Crippen molar-refractivity contribution in [1.82, 2.24) is 5.32 Å².